The molecule has 0 radical (unpaired) electrons. The highest BCUT2D eigenvalue weighted by atomic mass is 16.6. The largest absolute Gasteiger partial charge is 0.456 e. The van der Waals surface area contributed by atoms with Crippen LogP contribution >= 0.6 is 0 Å². The molecule has 0 unspecified atom stereocenters. The number of hydrogen-bond donors (Lipinski definition) is 3. The van der Waals surface area contributed by atoms with E-state index in [1.807, 2.05) is 51.2 Å². The van der Waals surface area contributed by atoms with Gasteiger partial charge >= 0.3 is 5.97 Å². The van der Waals surface area contributed by atoms with E-state index in [0.717, 1.165) is 16.6 Å². The smallest absolute Gasteiger partial charge is 0.327 e. The zero-order valence-electron chi connectivity index (χ0n) is 14.9. The van der Waals surface area contributed by atoms with E-state index in [1.54, 1.807) is 6.92 Å². The lowest BCUT2D eigenvalue weighted by Crippen LogP contribution is -2.69. The maximum Gasteiger partial charge on any atom is 0.327 e. The van der Waals surface area contributed by atoms with Gasteiger partial charge in [-0.05, 0) is 58.4 Å². The van der Waals surface area contributed by atoms with E-state index >= 15 is 0 Å². The molecule has 1 aromatic heterocycles. The van der Waals surface area contributed by atoms with Crippen LogP contribution in [0.25, 0.3) is 10.9 Å². The van der Waals surface area contributed by atoms with Crippen LogP contribution in [0, 0.1) is 5.92 Å². The Bertz CT molecular complexity index is 887. The van der Waals surface area contributed by atoms with Crippen molar-refractivity contribution in [2.24, 2.45) is 5.92 Å². The first-order valence-corrected chi connectivity index (χ1v) is 8.55. The summed E-state index contributed by atoms with van der Waals surface area (Å²) in [6, 6.07) is 7.66. The fraction of sp³-hybridized carbons (Fsp3) is 0.474. The number of esters is 1. The number of hydrogen-bond acceptors (Lipinski definition) is 4. The van der Waals surface area contributed by atoms with E-state index < -0.39 is 22.6 Å². The second-order valence-corrected chi connectivity index (χ2v) is 8.08. The van der Waals surface area contributed by atoms with Crippen LogP contribution in [0.1, 0.15) is 34.1 Å². The monoisotopic (exact) mass is 341 g/mol. The first kappa shape index (κ1) is 16.1. The predicted octanol–water partition coefficient (Wildman–Crippen LogP) is 2.57. The van der Waals surface area contributed by atoms with Crippen LogP contribution in [0.2, 0.25) is 0 Å². The topological polar surface area (TPSA) is 83.2 Å². The van der Waals surface area contributed by atoms with Crippen molar-refractivity contribution < 1.29 is 14.3 Å². The van der Waals surface area contributed by atoms with Gasteiger partial charge in [0.1, 0.15) is 11.1 Å². The minimum atomic E-state index is -1.01. The van der Waals surface area contributed by atoms with E-state index in [4.69, 9.17) is 4.74 Å². The van der Waals surface area contributed by atoms with Gasteiger partial charge in [0, 0.05) is 22.8 Å². The fourth-order valence-electron chi connectivity index (χ4n) is 4.08. The van der Waals surface area contributed by atoms with E-state index in [1.165, 1.54) is 0 Å². The molecule has 4 rings (SSSR count). The number of ether oxygens (including phenoxy) is 1. The molecule has 6 heteroatoms. The number of rotatable bonds is 2. The Morgan fingerprint density at radius 1 is 1.24 bits per heavy atom. The molecule has 2 saturated heterocycles. The molecule has 1 aromatic carbocycles. The third kappa shape index (κ3) is 2.20. The first-order valence-electron chi connectivity index (χ1n) is 8.55. The number of cyclic esters (lactones) is 1. The quantitative estimate of drug-likeness (QED) is 0.733. The second kappa shape index (κ2) is 4.85. The number of fused-ring (bicyclic) bond motifs is 3. The number of aromatic nitrogens is 1. The predicted molar refractivity (Wildman–Crippen MR) is 95.2 cm³/mol. The molecule has 2 bridgehead atoms. The summed E-state index contributed by atoms with van der Waals surface area (Å²) in [4.78, 5) is 28.7. The summed E-state index contributed by atoms with van der Waals surface area (Å²) in [5, 5.41) is 7.38. The number of H-pyrrole nitrogens is 1. The first-order chi connectivity index (χ1) is 11.6. The Morgan fingerprint density at radius 2 is 2.00 bits per heavy atom. The van der Waals surface area contributed by atoms with E-state index in [-0.39, 0.29) is 11.9 Å². The molecule has 3 N–H and O–H groups in total. The summed E-state index contributed by atoms with van der Waals surface area (Å²) in [5.74, 6) is -1.02. The van der Waals surface area contributed by atoms with Crippen molar-refractivity contribution in [2.45, 2.75) is 50.8 Å². The highest BCUT2D eigenvalue weighted by Gasteiger charge is 2.67. The molecule has 2 aliphatic heterocycles. The van der Waals surface area contributed by atoms with Crippen LogP contribution in [0.4, 0.5) is 5.69 Å². The molecular formula is C19H23N3O3. The Kier molecular flexibility index (Phi) is 3.13. The summed E-state index contributed by atoms with van der Waals surface area (Å²) >= 11 is 0. The van der Waals surface area contributed by atoms with Crippen molar-refractivity contribution in [3.63, 3.8) is 0 Å². The van der Waals surface area contributed by atoms with Gasteiger partial charge in [-0.2, -0.15) is 0 Å². The van der Waals surface area contributed by atoms with Gasteiger partial charge in [-0.25, -0.2) is 0 Å². The van der Waals surface area contributed by atoms with Crippen LogP contribution in [0.5, 0.6) is 0 Å². The van der Waals surface area contributed by atoms with Crippen molar-refractivity contribution in [1.82, 2.24) is 10.3 Å². The second-order valence-electron chi connectivity index (χ2n) is 8.08. The zero-order chi connectivity index (χ0) is 18.0. The highest BCUT2D eigenvalue weighted by Crippen LogP contribution is 2.48. The average molecular weight is 341 g/mol. The molecule has 3 atom stereocenters. The molecular weight excluding hydrogens is 318 g/mol. The molecule has 2 fully saturated rings. The molecule has 0 spiro atoms. The zero-order valence-corrected chi connectivity index (χ0v) is 14.9. The number of nitrogens with one attached hydrogen (secondary N) is 3. The van der Waals surface area contributed by atoms with Crippen molar-refractivity contribution in [3.8, 4) is 0 Å². The molecule has 3 heterocycles. The lowest BCUT2D eigenvalue weighted by Gasteiger charge is -2.47. The summed E-state index contributed by atoms with van der Waals surface area (Å²) in [6.07, 6.45) is 2.40. The molecule has 0 aliphatic carbocycles. The van der Waals surface area contributed by atoms with Crippen LogP contribution in [-0.4, -0.2) is 33.5 Å². The van der Waals surface area contributed by atoms with Crippen molar-refractivity contribution in [2.75, 3.05) is 5.32 Å². The summed E-state index contributed by atoms with van der Waals surface area (Å²) < 4.78 is 5.66. The summed E-state index contributed by atoms with van der Waals surface area (Å²) in [5.41, 5.74) is -0.376. The van der Waals surface area contributed by atoms with Gasteiger partial charge in [-0.1, -0.05) is 0 Å². The van der Waals surface area contributed by atoms with Crippen LogP contribution in [0.15, 0.2) is 30.5 Å². The minimum Gasteiger partial charge on any atom is -0.456 e. The minimum absolute atomic E-state index is 0.164. The number of amides is 1. The Hall–Kier alpha value is -2.34. The van der Waals surface area contributed by atoms with Crippen LogP contribution in [0.3, 0.4) is 0 Å². The number of carbonyl (C=O) groups excluding carboxylic acids is 2. The number of carbonyl (C=O) groups is 2. The molecule has 2 aromatic rings. The summed E-state index contributed by atoms with van der Waals surface area (Å²) in [6.45, 7) is 7.54. The SMILES string of the molecule is CC1(C)OC(=O)[C@@]2(C)N[C@]1(C)C[C@@H]2C(=O)Nc1ccc2[nH]ccc2c1. The van der Waals surface area contributed by atoms with E-state index in [0.29, 0.717) is 6.42 Å². The van der Waals surface area contributed by atoms with Gasteiger partial charge in [0.25, 0.3) is 0 Å². The van der Waals surface area contributed by atoms with Gasteiger partial charge in [0.2, 0.25) is 5.91 Å². The number of morpholine rings is 1. The molecule has 132 valence electrons. The maximum atomic E-state index is 13.0. The Balaban J connectivity index is 1.62. The fourth-order valence-corrected chi connectivity index (χ4v) is 4.08. The standard InChI is InChI=1S/C19H23N3O3/c1-17(2)18(3)10-13(19(4,22-18)16(24)25-17)15(23)21-12-5-6-14-11(9-12)7-8-20-14/h5-9,13,20,22H,10H2,1-4H3,(H,21,23)/t13-,18-,19+/m1/s1. The molecule has 0 saturated carbocycles. The van der Waals surface area contributed by atoms with Gasteiger partial charge in [-0.3, -0.25) is 14.9 Å². The van der Waals surface area contributed by atoms with Gasteiger partial charge in [-0.15, -0.1) is 0 Å². The molecule has 6 nitrogen and oxygen atoms in total. The van der Waals surface area contributed by atoms with Crippen LogP contribution < -0.4 is 10.6 Å². The normalized spacial score (nSPS) is 33.3. The molecule has 2 aliphatic rings. The Morgan fingerprint density at radius 3 is 2.76 bits per heavy atom. The number of benzene rings is 1. The van der Waals surface area contributed by atoms with Gasteiger partial charge < -0.3 is 15.0 Å². The average Bonchev–Trinajstić information content (AvgIpc) is 3.08. The molecule has 25 heavy (non-hydrogen) atoms. The number of anilines is 1. The van der Waals surface area contributed by atoms with Crippen molar-refractivity contribution in [1.29, 1.82) is 0 Å². The lowest BCUT2D eigenvalue weighted by molar-refractivity contribution is -0.181. The number of aromatic amines is 1. The molecule has 1 amide bonds. The Labute approximate surface area is 146 Å². The highest BCUT2D eigenvalue weighted by molar-refractivity contribution is 6.00. The van der Waals surface area contributed by atoms with E-state index in [9.17, 15) is 9.59 Å². The van der Waals surface area contributed by atoms with Crippen LogP contribution in [-0.2, 0) is 14.3 Å². The van der Waals surface area contributed by atoms with Gasteiger partial charge in [0.15, 0.2) is 0 Å². The van der Waals surface area contributed by atoms with Crippen molar-refractivity contribution >= 4 is 28.5 Å². The maximum absolute atomic E-state index is 13.0. The van der Waals surface area contributed by atoms with Crippen molar-refractivity contribution in [3.05, 3.63) is 30.5 Å². The third-order valence-electron chi connectivity index (χ3n) is 6.08. The van der Waals surface area contributed by atoms with E-state index in [2.05, 4.69) is 15.6 Å². The lowest BCUT2D eigenvalue weighted by atomic mass is 9.80. The third-order valence-corrected chi connectivity index (χ3v) is 6.08. The summed E-state index contributed by atoms with van der Waals surface area (Å²) in [7, 11) is 0. The van der Waals surface area contributed by atoms with Gasteiger partial charge in [0.05, 0.1) is 11.5 Å².